The Morgan fingerprint density at radius 1 is 1.33 bits per heavy atom. The van der Waals surface area contributed by atoms with E-state index in [1.165, 1.54) is 25.1 Å². The lowest BCUT2D eigenvalue weighted by Gasteiger charge is -2.16. The van der Waals surface area contributed by atoms with E-state index in [1.54, 1.807) is 0 Å². The van der Waals surface area contributed by atoms with Crippen LogP contribution in [-0.2, 0) is 10.2 Å². The van der Waals surface area contributed by atoms with Gasteiger partial charge >= 0.3 is 10.2 Å². The molecule has 1 unspecified atom stereocenters. The fraction of sp³-hybridized carbons (Fsp3) is 0.200. The van der Waals surface area contributed by atoms with Gasteiger partial charge in [0.2, 0.25) is 5.88 Å². The molecule has 1 aromatic rings. The number of hydrogen-bond donors (Lipinski definition) is 4. The highest BCUT2D eigenvalue weighted by Crippen LogP contribution is 2.33. The minimum atomic E-state index is -3.93. The van der Waals surface area contributed by atoms with Gasteiger partial charge in [0.15, 0.2) is 0 Å². The van der Waals surface area contributed by atoms with Crippen LogP contribution in [0.3, 0.4) is 0 Å². The van der Waals surface area contributed by atoms with E-state index in [9.17, 15) is 18.6 Å². The first-order chi connectivity index (χ1) is 8.31. The molecule has 98 valence electrons. The normalized spacial score (nSPS) is 19.2. The van der Waals surface area contributed by atoms with Gasteiger partial charge in [-0.1, -0.05) is 6.07 Å². The molecule has 0 radical (unpaired) electrons. The number of anilines is 1. The van der Waals surface area contributed by atoms with E-state index in [4.69, 9.17) is 5.11 Å². The summed E-state index contributed by atoms with van der Waals surface area (Å²) in [7, 11) is -3.93. The summed E-state index contributed by atoms with van der Waals surface area (Å²) in [5.41, 5.74) is 0.435. The van der Waals surface area contributed by atoms with Gasteiger partial charge < -0.3 is 15.3 Å². The zero-order chi connectivity index (χ0) is 13.5. The first-order valence-electron chi connectivity index (χ1n) is 5.05. The van der Waals surface area contributed by atoms with Crippen LogP contribution in [0, 0.1) is 0 Å². The summed E-state index contributed by atoms with van der Waals surface area (Å²) in [6.45, 7) is 1.52. The molecule has 0 aliphatic carbocycles. The van der Waals surface area contributed by atoms with Crippen molar-refractivity contribution in [2.75, 3.05) is 4.31 Å². The zero-order valence-electron chi connectivity index (χ0n) is 9.40. The molecule has 4 N–H and O–H groups in total. The van der Waals surface area contributed by atoms with Crippen LogP contribution < -0.4 is 9.03 Å². The smallest absolute Gasteiger partial charge is 0.330 e. The van der Waals surface area contributed by atoms with Crippen LogP contribution in [-0.4, -0.2) is 23.7 Å². The van der Waals surface area contributed by atoms with Gasteiger partial charge in [-0.15, -0.1) is 0 Å². The molecule has 0 aromatic heterocycles. The molecule has 0 saturated carbocycles. The fourth-order valence-electron chi connectivity index (χ4n) is 1.57. The molecule has 1 heterocycles. The largest absolute Gasteiger partial charge is 0.506 e. The number of benzene rings is 1. The van der Waals surface area contributed by atoms with E-state index >= 15 is 0 Å². The fourth-order valence-corrected chi connectivity index (χ4v) is 2.64. The minimum absolute atomic E-state index is 0.0176. The van der Waals surface area contributed by atoms with Gasteiger partial charge in [0.05, 0.1) is 12.3 Å². The first-order valence-corrected chi connectivity index (χ1v) is 6.49. The Labute approximate surface area is 104 Å². The van der Waals surface area contributed by atoms with E-state index < -0.39 is 22.2 Å². The number of rotatable bonds is 2. The molecule has 1 aliphatic rings. The Bertz CT molecular complexity index is 609. The third-order valence-electron chi connectivity index (χ3n) is 2.45. The van der Waals surface area contributed by atoms with E-state index in [1.807, 2.05) is 4.72 Å². The summed E-state index contributed by atoms with van der Waals surface area (Å²) in [5, 5.41) is 28.2. The van der Waals surface area contributed by atoms with Crippen LogP contribution in [0.2, 0.25) is 0 Å². The van der Waals surface area contributed by atoms with Gasteiger partial charge in [0.1, 0.15) is 11.4 Å². The van der Waals surface area contributed by atoms with E-state index in [2.05, 4.69) is 0 Å². The SMILES string of the molecule is CC(O)c1ccc(N2C=C(O)NS2(=O)=O)c(O)c1. The first kappa shape index (κ1) is 12.5. The topological polar surface area (TPSA) is 110 Å². The number of phenols is 1. The van der Waals surface area contributed by atoms with Crippen LogP contribution >= 0.6 is 0 Å². The van der Waals surface area contributed by atoms with E-state index in [0.717, 1.165) is 6.20 Å². The van der Waals surface area contributed by atoms with E-state index in [0.29, 0.717) is 9.87 Å². The predicted octanol–water partition coefficient (Wildman–Crippen LogP) is 0.457. The quantitative estimate of drug-likeness (QED) is 0.625. The highest BCUT2D eigenvalue weighted by molar-refractivity contribution is 7.91. The van der Waals surface area contributed by atoms with Gasteiger partial charge in [-0.25, -0.2) is 9.03 Å². The van der Waals surface area contributed by atoms with Crippen molar-refractivity contribution in [2.24, 2.45) is 0 Å². The van der Waals surface area contributed by atoms with Gasteiger partial charge in [-0.05, 0) is 24.6 Å². The maximum Gasteiger partial charge on any atom is 0.330 e. The van der Waals surface area contributed by atoms with Crippen LogP contribution in [0.15, 0.2) is 30.3 Å². The predicted molar refractivity (Wildman–Crippen MR) is 64.0 cm³/mol. The maximum atomic E-state index is 11.6. The van der Waals surface area contributed by atoms with Crippen molar-refractivity contribution < 1.29 is 23.7 Å². The number of aromatic hydroxyl groups is 1. The summed E-state index contributed by atoms with van der Waals surface area (Å²) in [5.74, 6) is -0.848. The van der Waals surface area contributed by atoms with Crippen molar-refractivity contribution in [2.45, 2.75) is 13.0 Å². The number of phenolic OH excluding ortho intramolecular Hbond substituents is 1. The molecule has 7 nitrogen and oxygen atoms in total. The van der Waals surface area contributed by atoms with Crippen LogP contribution in [0.5, 0.6) is 5.75 Å². The zero-order valence-corrected chi connectivity index (χ0v) is 10.2. The second-order valence-corrected chi connectivity index (χ2v) is 5.39. The summed E-state index contributed by atoms with van der Waals surface area (Å²) in [6, 6.07) is 4.09. The number of aliphatic hydroxyl groups excluding tert-OH is 2. The second-order valence-electron chi connectivity index (χ2n) is 3.84. The number of nitrogens with one attached hydrogen (secondary N) is 1. The van der Waals surface area contributed by atoms with Crippen molar-refractivity contribution in [1.82, 2.24) is 4.72 Å². The number of aliphatic hydroxyl groups is 2. The Balaban J connectivity index is 2.47. The van der Waals surface area contributed by atoms with E-state index in [-0.39, 0.29) is 11.4 Å². The van der Waals surface area contributed by atoms with Crippen LogP contribution in [0.1, 0.15) is 18.6 Å². The third-order valence-corrected chi connectivity index (χ3v) is 3.74. The van der Waals surface area contributed by atoms with Crippen molar-refractivity contribution in [3.8, 4) is 5.75 Å². The average Bonchev–Trinajstić information content (AvgIpc) is 2.51. The molecule has 1 atom stereocenters. The molecule has 18 heavy (non-hydrogen) atoms. The van der Waals surface area contributed by atoms with Crippen molar-refractivity contribution in [3.63, 3.8) is 0 Å². The van der Waals surface area contributed by atoms with Gasteiger partial charge in [-0.2, -0.15) is 8.42 Å². The molecule has 1 aliphatic heterocycles. The standard InChI is InChI=1S/C10H12N2O5S/c1-6(13)7-2-3-8(9(14)4-7)12-5-10(15)11-18(12,16)17/h2-6,11,13-15H,1H3. The van der Waals surface area contributed by atoms with Crippen LogP contribution in [0.4, 0.5) is 5.69 Å². The highest BCUT2D eigenvalue weighted by Gasteiger charge is 2.30. The summed E-state index contributed by atoms with van der Waals surface area (Å²) >= 11 is 0. The average molecular weight is 272 g/mol. The second kappa shape index (κ2) is 4.07. The Morgan fingerprint density at radius 3 is 2.44 bits per heavy atom. The van der Waals surface area contributed by atoms with Crippen molar-refractivity contribution in [3.05, 3.63) is 35.8 Å². The molecule has 0 fully saturated rings. The number of nitrogens with zero attached hydrogens (tertiary/aromatic N) is 1. The molecule has 0 bridgehead atoms. The molecule has 0 saturated heterocycles. The summed E-state index contributed by atoms with van der Waals surface area (Å²) < 4.78 is 25.7. The summed E-state index contributed by atoms with van der Waals surface area (Å²) in [6.07, 6.45) is 0.161. The third kappa shape index (κ3) is 2.07. The molecule has 0 amide bonds. The van der Waals surface area contributed by atoms with Crippen molar-refractivity contribution in [1.29, 1.82) is 0 Å². The summed E-state index contributed by atoms with van der Waals surface area (Å²) in [4.78, 5) is 0. The lowest BCUT2D eigenvalue weighted by molar-refractivity contribution is 0.199. The molecule has 8 heteroatoms. The Hall–Kier alpha value is -1.93. The lowest BCUT2D eigenvalue weighted by atomic mass is 10.1. The van der Waals surface area contributed by atoms with Crippen molar-refractivity contribution >= 4 is 15.9 Å². The van der Waals surface area contributed by atoms with Crippen LogP contribution in [0.25, 0.3) is 0 Å². The van der Waals surface area contributed by atoms with Gasteiger partial charge in [0.25, 0.3) is 0 Å². The highest BCUT2D eigenvalue weighted by atomic mass is 32.2. The Morgan fingerprint density at radius 2 is 2.00 bits per heavy atom. The van der Waals surface area contributed by atoms with Gasteiger partial charge in [0, 0.05) is 0 Å². The molecule has 2 rings (SSSR count). The molecule has 0 spiro atoms. The Kier molecular flexibility index (Phi) is 2.83. The lowest BCUT2D eigenvalue weighted by Crippen LogP contribution is -2.29. The molecular formula is C10H12N2O5S. The molecule has 1 aromatic carbocycles. The number of hydrogen-bond acceptors (Lipinski definition) is 5. The molecular weight excluding hydrogens is 260 g/mol. The minimum Gasteiger partial charge on any atom is -0.506 e. The monoisotopic (exact) mass is 272 g/mol. The maximum absolute atomic E-state index is 11.6. The van der Waals surface area contributed by atoms with Gasteiger partial charge in [-0.3, -0.25) is 0 Å².